The summed E-state index contributed by atoms with van der Waals surface area (Å²) in [6.45, 7) is 0. The second-order valence-electron chi connectivity index (χ2n) is 6.99. The van der Waals surface area contributed by atoms with Crippen LogP contribution < -0.4 is 20.2 Å². The number of anilines is 1. The molecule has 1 aromatic heterocycles. The summed E-state index contributed by atoms with van der Waals surface area (Å²) in [6.07, 6.45) is 3.13. The van der Waals surface area contributed by atoms with Gasteiger partial charge in [-0.1, -0.05) is 6.07 Å². The van der Waals surface area contributed by atoms with E-state index in [9.17, 15) is 14.4 Å². The largest absolute Gasteiger partial charge is 0.493 e. The van der Waals surface area contributed by atoms with E-state index in [2.05, 4.69) is 5.32 Å². The maximum absolute atomic E-state index is 12.9. The SMILES string of the molecule is COc1ccc(/C=C2\CCc3c2oc2cc(NC(=O)C(=O)O)ccc2c3=O)cc1OC. The van der Waals surface area contributed by atoms with Gasteiger partial charge in [-0.15, -0.1) is 0 Å². The summed E-state index contributed by atoms with van der Waals surface area (Å²) in [6, 6.07) is 9.96. The average molecular weight is 421 g/mol. The standard InChI is InChI=1S/C23H19NO7/c1-29-17-8-3-12(10-19(17)30-2)9-13-4-6-16-20(25)15-7-5-14(24-22(26)23(27)28)11-18(15)31-21(13)16/h3,5,7-11H,4,6H2,1-2H3,(H,24,26)(H,27,28)/b13-9+. The number of carbonyl (C=O) groups excluding carboxylic acids is 1. The predicted octanol–water partition coefficient (Wildman–Crippen LogP) is 3.32. The van der Waals surface area contributed by atoms with Gasteiger partial charge < -0.3 is 24.3 Å². The molecule has 1 amide bonds. The third-order valence-electron chi connectivity index (χ3n) is 5.12. The van der Waals surface area contributed by atoms with Crippen molar-refractivity contribution in [3.63, 3.8) is 0 Å². The van der Waals surface area contributed by atoms with Crippen molar-refractivity contribution in [1.29, 1.82) is 0 Å². The Morgan fingerprint density at radius 3 is 2.55 bits per heavy atom. The summed E-state index contributed by atoms with van der Waals surface area (Å²) < 4.78 is 16.6. The highest BCUT2D eigenvalue weighted by Crippen LogP contribution is 2.36. The average Bonchev–Trinajstić information content (AvgIpc) is 3.16. The van der Waals surface area contributed by atoms with Crippen LogP contribution in [0.15, 0.2) is 45.6 Å². The Kier molecular flexibility index (Phi) is 5.21. The molecule has 0 spiro atoms. The summed E-state index contributed by atoms with van der Waals surface area (Å²) in [5.41, 5.74) is 2.69. The molecule has 0 saturated heterocycles. The Hall–Kier alpha value is -4.07. The summed E-state index contributed by atoms with van der Waals surface area (Å²) in [4.78, 5) is 35.1. The molecule has 158 valence electrons. The highest BCUT2D eigenvalue weighted by atomic mass is 16.5. The molecule has 0 fully saturated rings. The van der Waals surface area contributed by atoms with Crippen LogP contribution in [0.2, 0.25) is 0 Å². The molecule has 2 aromatic carbocycles. The molecule has 4 rings (SSSR count). The Morgan fingerprint density at radius 1 is 1.06 bits per heavy atom. The minimum atomic E-state index is -1.60. The fraction of sp³-hybridized carbons (Fsp3) is 0.174. The van der Waals surface area contributed by atoms with Crippen LogP contribution in [0.5, 0.6) is 11.5 Å². The number of ether oxygens (including phenoxy) is 2. The molecule has 31 heavy (non-hydrogen) atoms. The number of amides is 1. The fourth-order valence-corrected chi connectivity index (χ4v) is 3.64. The molecule has 0 bridgehead atoms. The molecule has 1 aliphatic rings. The van der Waals surface area contributed by atoms with E-state index in [1.165, 1.54) is 18.2 Å². The van der Waals surface area contributed by atoms with Crippen LogP contribution in [-0.4, -0.2) is 31.2 Å². The molecule has 8 nitrogen and oxygen atoms in total. The van der Waals surface area contributed by atoms with Crippen molar-refractivity contribution < 1.29 is 28.6 Å². The van der Waals surface area contributed by atoms with Crippen LogP contribution in [0.25, 0.3) is 22.6 Å². The molecule has 1 aliphatic carbocycles. The van der Waals surface area contributed by atoms with E-state index in [1.807, 2.05) is 18.2 Å². The minimum Gasteiger partial charge on any atom is -0.493 e. The highest BCUT2D eigenvalue weighted by Gasteiger charge is 2.24. The summed E-state index contributed by atoms with van der Waals surface area (Å²) in [5, 5.41) is 11.4. The monoisotopic (exact) mass is 421 g/mol. The molecule has 0 atom stereocenters. The number of carboxylic acids is 1. The topological polar surface area (TPSA) is 115 Å². The van der Waals surface area contributed by atoms with Gasteiger partial charge in [-0.25, -0.2) is 4.79 Å². The van der Waals surface area contributed by atoms with Gasteiger partial charge in [-0.3, -0.25) is 9.59 Å². The third kappa shape index (κ3) is 3.75. The maximum Gasteiger partial charge on any atom is 0.394 e. The van der Waals surface area contributed by atoms with Crippen LogP contribution in [0.4, 0.5) is 5.69 Å². The number of allylic oxidation sites excluding steroid dienone is 1. The number of hydrogen-bond acceptors (Lipinski definition) is 6. The zero-order chi connectivity index (χ0) is 22.1. The van der Waals surface area contributed by atoms with E-state index >= 15 is 0 Å². The van der Waals surface area contributed by atoms with Crippen LogP contribution in [0.1, 0.15) is 23.3 Å². The first-order valence-corrected chi connectivity index (χ1v) is 9.48. The van der Waals surface area contributed by atoms with Gasteiger partial charge in [-0.05, 0) is 54.3 Å². The van der Waals surface area contributed by atoms with Gasteiger partial charge >= 0.3 is 11.9 Å². The first-order chi connectivity index (χ1) is 14.9. The number of carbonyl (C=O) groups is 2. The Labute approximate surface area is 176 Å². The lowest BCUT2D eigenvalue weighted by Gasteiger charge is -2.09. The number of rotatable bonds is 4. The summed E-state index contributed by atoms with van der Waals surface area (Å²) in [5.74, 6) is -1.07. The Balaban J connectivity index is 1.77. The lowest BCUT2D eigenvalue weighted by molar-refractivity contribution is -0.147. The van der Waals surface area contributed by atoms with Gasteiger partial charge in [0.2, 0.25) is 0 Å². The maximum atomic E-state index is 12.9. The molecular weight excluding hydrogens is 402 g/mol. The van der Waals surface area contributed by atoms with Crippen LogP contribution >= 0.6 is 0 Å². The first-order valence-electron chi connectivity index (χ1n) is 9.48. The van der Waals surface area contributed by atoms with Gasteiger partial charge in [-0.2, -0.15) is 0 Å². The Morgan fingerprint density at radius 2 is 1.84 bits per heavy atom. The summed E-state index contributed by atoms with van der Waals surface area (Å²) >= 11 is 0. The minimum absolute atomic E-state index is 0.136. The van der Waals surface area contributed by atoms with Crippen molar-refractivity contribution in [2.75, 3.05) is 19.5 Å². The van der Waals surface area contributed by atoms with E-state index in [-0.39, 0.29) is 16.7 Å². The van der Waals surface area contributed by atoms with Crippen molar-refractivity contribution in [2.24, 2.45) is 0 Å². The third-order valence-corrected chi connectivity index (χ3v) is 5.12. The van der Waals surface area contributed by atoms with Crippen LogP contribution in [0, 0.1) is 0 Å². The molecular formula is C23H19NO7. The second-order valence-corrected chi connectivity index (χ2v) is 6.99. The van der Waals surface area contributed by atoms with E-state index in [0.717, 1.165) is 11.1 Å². The Bertz CT molecular complexity index is 1300. The number of methoxy groups -OCH3 is 2. The fourth-order valence-electron chi connectivity index (χ4n) is 3.64. The number of aliphatic carboxylic acids is 1. The van der Waals surface area contributed by atoms with Crippen LogP contribution in [-0.2, 0) is 16.0 Å². The quantitative estimate of drug-likeness (QED) is 0.621. The molecule has 1 heterocycles. The van der Waals surface area contributed by atoms with Gasteiger partial charge in [0.05, 0.1) is 19.6 Å². The molecule has 0 saturated carbocycles. The first kappa shape index (κ1) is 20.2. The van der Waals surface area contributed by atoms with Crippen molar-refractivity contribution in [3.05, 3.63) is 63.5 Å². The molecule has 3 aromatic rings. The highest BCUT2D eigenvalue weighted by molar-refractivity contribution is 6.36. The van der Waals surface area contributed by atoms with E-state index in [1.54, 1.807) is 20.3 Å². The van der Waals surface area contributed by atoms with Gasteiger partial charge in [0.1, 0.15) is 11.3 Å². The van der Waals surface area contributed by atoms with Gasteiger partial charge in [0, 0.05) is 17.3 Å². The van der Waals surface area contributed by atoms with Crippen molar-refractivity contribution in [2.45, 2.75) is 12.8 Å². The second kappa shape index (κ2) is 7.98. The lowest BCUT2D eigenvalue weighted by atomic mass is 10.1. The molecule has 0 unspecified atom stereocenters. The van der Waals surface area contributed by atoms with Gasteiger partial charge in [0.25, 0.3) is 0 Å². The van der Waals surface area contributed by atoms with E-state index in [4.69, 9.17) is 19.0 Å². The zero-order valence-corrected chi connectivity index (χ0v) is 16.9. The number of nitrogens with one attached hydrogen (secondary N) is 1. The van der Waals surface area contributed by atoms with E-state index < -0.39 is 11.9 Å². The normalized spacial score (nSPS) is 13.8. The molecule has 2 N–H and O–H groups in total. The molecule has 0 aliphatic heterocycles. The lowest BCUT2D eigenvalue weighted by Crippen LogP contribution is -2.21. The van der Waals surface area contributed by atoms with Crippen LogP contribution in [0.3, 0.4) is 0 Å². The van der Waals surface area contributed by atoms with Gasteiger partial charge in [0.15, 0.2) is 16.9 Å². The predicted molar refractivity (Wildman–Crippen MR) is 114 cm³/mol. The number of fused-ring (bicyclic) bond motifs is 2. The number of hydrogen-bond donors (Lipinski definition) is 2. The smallest absolute Gasteiger partial charge is 0.394 e. The van der Waals surface area contributed by atoms with E-state index in [0.29, 0.717) is 41.1 Å². The van der Waals surface area contributed by atoms with Crippen molar-refractivity contribution >= 4 is 40.2 Å². The number of benzene rings is 2. The van der Waals surface area contributed by atoms with Crippen molar-refractivity contribution in [3.8, 4) is 11.5 Å². The molecule has 8 heteroatoms. The van der Waals surface area contributed by atoms with Crippen molar-refractivity contribution in [1.82, 2.24) is 0 Å². The zero-order valence-electron chi connectivity index (χ0n) is 16.9. The number of carboxylic acid groups (broad SMARTS) is 1. The molecule has 0 radical (unpaired) electrons. The summed E-state index contributed by atoms with van der Waals surface area (Å²) in [7, 11) is 3.13.